The molecule has 0 spiro atoms. The molecule has 1 aromatic heterocycles. The molecule has 0 atom stereocenters. The molecule has 1 amide bonds. The molecular formula is C24H27NO3. The number of fused-ring (bicyclic) bond motifs is 1. The van der Waals surface area contributed by atoms with Gasteiger partial charge in [0.2, 0.25) is 5.43 Å². The van der Waals surface area contributed by atoms with Gasteiger partial charge in [0.1, 0.15) is 16.9 Å². The number of nitrogens with one attached hydrogen (secondary N) is 1. The van der Waals surface area contributed by atoms with E-state index >= 15 is 0 Å². The van der Waals surface area contributed by atoms with Gasteiger partial charge in [-0.05, 0) is 49.4 Å². The Labute approximate surface area is 165 Å². The lowest BCUT2D eigenvalue weighted by atomic mass is 10.0. The molecule has 0 aliphatic carbocycles. The van der Waals surface area contributed by atoms with Crippen LogP contribution in [0.2, 0.25) is 0 Å². The highest BCUT2D eigenvalue weighted by Gasteiger charge is 2.22. The molecule has 3 rings (SSSR count). The van der Waals surface area contributed by atoms with Gasteiger partial charge in [0.05, 0.1) is 5.39 Å². The molecule has 0 saturated carbocycles. The largest absolute Gasteiger partial charge is 0.460 e. The van der Waals surface area contributed by atoms with Gasteiger partial charge >= 0.3 is 0 Å². The molecule has 4 heteroatoms. The van der Waals surface area contributed by atoms with Gasteiger partial charge in [0, 0.05) is 12.1 Å². The number of rotatable bonds is 6. The molecule has 0 radical (unpaired) electrons. The fourth-order valence-corrected chi connectivity index (χ4v) is 3.57. The fourth-order valence-electron chi connectivity index (χ4n) is 3.57. The summed E-state index contributed by atoms with van der Waals surface area (Å²) in [4.78, 5) is 26.4. The number of carbonyl (C=O) groups excluding carboxylic acids is 1. The number of benzene rings is 2. The van der Waals surface area contributed by atoms with E-state index in [1.165, 1.54) is 0 Å². The number of aryl methyl sites for hydroxylation is 4. The van der Waals surface area contributed by atoms with Crippen LogP contribution in [0.3, 0.4) is 0 Å². The summed E-state index contributed by atoms with van der Waals surface area (Å²) in [7, 11) is 0. The normalized spacial score (nSPS) is 11.0. The molecule has 0 aliphatic rings. The van der Waals surface area contributed by atoms with Crippen molar-refractivity contribution in [2.45, 2.75) is 53.4 Å². The van der Waals surface area contributed by atoms with Crippen LogP contribution in [-0.2, 0) is 19.3 Å². The van der Waals surface area contributed by atoms with E-state index in [-0.39, 0.29) is 11.0 Å². The zero-order valence-electron chi connectivity index (χ0n) is 17.0. The Balaban J connectivity index is 2.15. The van der Waals surface area contributed by atoms with Crippen molar-refractivity contribution in [1.29, 1.82) is 0 Å². The fraction of sp³-hybridized carbons (Fsp3) is 0.333. The third-order valence-corrected chi connectivity index (χ3v) is 5.06. The predicted octanol–water partition coefficient (Wildman–Crippen LogP) is 5.43. The van der Waals surface area contributed by atoms with Crippen molar-refractivity contribution in [2.75, 3.05) is 5.32 Å². The second-order valence-corrected chi connectivity index (χ2v) is 7.09. The highest BCUT2D eigenvalue weighted by molar-refractivity contribution is 6.07. The number of carbonyl (C=O) groups is 1. The van der Waals surface area contributed by atoms with E-state index in [9.17, 15) is 9.59 Å². The van der Waals surface area contributed by atoms with Crippen molar-refractivity contribution >= 4 is 22.6 Å². The molecular weight excluding hydrogens is 350 g/mol. The average Bonchev–Trinajstić information content (AvgIpc) is 2.69. The van der Waals surface area contributed by atoms with E-state index in [0.29, 0.717) is 23.2 Å². The van der Waals surface area contributed by atoms with E-state index in [0.717, 1.165) is 41.6 Å². The van der Waals surface area contributed by atoms with Crippen molar-refractivity contribution in [3.8, 4) is 0 Å². The molecule has 0 bridgehead atoms. The number of hydrogen-bond acceptors (Lipinski definition) is 3. The summed E-state index contributed by atoms with van der Waals surface area (Å²) in [6.45, 7) is 8.03. The minimum atomic E-state index is -0.392. The summed E-state index contributed by atoms with van der Waals surface area (Å²) in [6, 6.07) is 11.5. The van der Waals surface area contributed by atoms with Gasteiger partial charge in [0.25, 0.3) is 5.91 Å². The Bertz CT molecular complexity index is 1060. The van der Waals surface area contributed by atoms with E-state index in [4.69, 9.17) is 4.42 Å². The number of hydrogen-bond donors (Lipinski definition) is 1. The summed E-state index contributed by atoms with van der Waals surface area (Å²) in [6.07, 6.45) is 2.93. The van der Waals surface area contributed by atoms with Crippen LogP contribution in [0.1, 0.15) is 60.0 Å². The topological polar surface area (TPSA) is 59.3 Å². The van der Waals surface area contributed by atoms with Gasteiger partial charge in [-0.15, -0.1) is 0 Å². The van der Waals surface area contributed by atoms with Crippen LogP contribution in [0, 0.1) is 6.92 Å². The molecule has 2 aromatic carbocycles. The first-order chi connectivity index (χ1) is 13.5. The summed E-state index contributed by atoms with van der Waals surface area (Å²) in [5, 5.41) is 3.47. The second kappa shape index (κ2) is 8.42. The molecule has 0 aliphatic heterocycles. The Hall–Kier alpha value is -2.88. The lowest BCUT2D eigenvalue weighted by Gasteiger charge is -2.15. The van der Waals surface area contributed by atoms with E-state index in [1.807, 2.05) is 38.1 Å². The third kappa shape index (κ3) is 3.72. The molecule has 1 N–H and O–H groups in total. The zero-order valence-corrected chi connectivity index (χ0v) is 17.0. The molecule has 28 heavy (non-hydrogen) atoms. The maximum Gasteiger partial charge on any atom is 0.263 e. The van der Waals surface area contributed by atoms with E-state index in [1.54, 1.807) is 12.1 Å². The van der Waals surface area contributed by atoms with Gasteiger partial charge in [-0.3, -0.25) is 9.59 Å². The Morgan fingerprint density at radius 3 is 2.32 bits per heavy atom. The van der Waals surface area contributed by atoms with Crippen LogP contribution >= 0.6 is 0 Å². The third-order valence-electron chi connectivity index (χ3n) is 5.06. The quantitative estimate of drug-likeness (QED) is 0.623. The highest BCUT2D eigenvalue weighted by Crippen LogP contribution is 2.25. The first kappa shape index (κ1) is 19.9. The van der Waals surface area contributed by atoms with Crippen molar-refractivity contribution in [1.82, 2.24) is 0 Å². The summed E-state index contributed by atoms with van der Waals surface area (Å²) >= 11 is 0. The maximum absolute atomic E-state index is 13.2. The molecule has 0 saturated heterocycles. The first-order valence-electron chi connectivity index (χ1n) is 9.98. The summed E-state index contributed by atoms with van der Waals surface area (Å²) < 4.78 is 5.98. The lowest BCUT2D eigenvalue weighted by molar-refractivity contribution is 0.102. The van der Waals surface area contributed by atoms with Crippen LogP contribution in [0.5, 0.6) is 0 Å². The zero-order chi connectivity index (χ0) is 20.3. The van der Waals surface area contributed by atoms with Crippen LogP contribution in [-0.4, -0.2) is 5.91 Å². The van der Waals surface area contributed by atoms with Crippen LogP contribution in [0.25, 0.3) is 11.0 Å². The van der Waals surface area contributed by atoms with Crippen LogP contribution in [0.4, 0.5) is 5.69 Å². The molecule has 4 nitrogen and oxygen atoms in total. The van der Waals surface area contributed by atoms with Gasteiger partial charge in [-0.25, -0.2) is 0 Å². The Morgan fingerprint density at radius 2 is 1.71 bits per heavy atom. The van der Waals surface area contributed by atoms with Gasteiger partial charge < -0.3 is 9.73 Å². The lowest BCUT2D eigenvalue weighted by Crippen LogP contribution is -2.25. The second-order valence-electron chi connectivity index (χ2n) is 7.09. The first-order valence-corrected chi connectivity index (χ1v) is 9.98. The molecule has 3 aromatic rings. The number of amides is 1. The monoisotopic (exact) mass is 377 g/mol. The maximum atomic E-state index is 13.2. The number of anilines is 1. The minimum absolute atomic E-state index is 0.118. The average molecular weight is 377 g/mol. The smallest absolute Gasteiger partial charge is 0.263 e. The van der Waals surface area contributed by atoms with E-state index < -0.39 is 5.91 Å². The summed E-state index contributed by atoms with van der Waals surface area (Å²) in [5.41, 5.74) is 4.27. The minimum Gasteiger partial charge on any atom is -0.460 e. The van der Waals surface area contributed by atoms with Crippen molar-refractivity contribution < 1.29 is 9.21 Å². The summed E-state index contributed by atoms with van der Waals surface area (Å²) in [5.74, 6) is 0.0598. The molecule has 0 fully saturated rings. The van der Waals surface area contributed by atoms with E-state index in [2.05, 4.69) is 19.2 Å². The number of para-hydroxylation sites is 1. The molecule has 0 unspecified atom stereocenters. The van der Waals surface area contributed by atoms with Gasteiger partial charge in [0.15, 0.2) is 0 Å². The highest BCUT2D eigenvalue weighted by atomic mass is 16.3. The SMILES string of the molecule is CCCc1oc2ccc(C)cc2c(=O)c1C(=O)Nc1c(CC)cccc1CC. The Morgan fingerprint density at radius 1 is 1.04 bits per heavy atom. The predicted molar refractivity (Wildman–Crippen MR) is 114 cm³/mol. The molecule has 1 heterocycles. The van der Waals surface area contributed by atoms with Gasteiger partial charge in [-0.1, -0.05) is 50.6 Å². The van der Waals surface area contributed by atoms with Crippen LogP contribution < -0.4 is 10.7 Å². The standard InChI is InChI=1S/C24H27NO3/c1-5-9-20-21(23(26)18-14-15(4)12-13-19(18)28-20)24(27)25-22-16(6-2)10-8-11-17(22)7-3/h8,10-14H,5-7,9H2,1-4H3,(H,25,27). The van der Waals surface area contributed by atoms with Crippen molar-refractivity contribution in [3.63, 3.8) is 0 Å². The Kier molecular flexibility index (Phi) is 5.98. The van der Waals surface area contributed by atoms with Crippen molar-refractivity contribution in [3.05, 3.63) is 74.6 Å². The molecule has 146 valence electrons. The van der Waals surface area contributed by atoms with Gasteiger partial charge in [-0.2, -0.15) is 0 Å². The van der Waals surface area contributed by atoms with Crippen molar-refractivity contribution in [2.24, 2.45) is 0 Å². The van der Waals surface area contributed by atoms with Crippen LogP contribution in [0.15, 0.2) is 45.6 Å².